The van der Waals surface area contributed by atoms with Crippen molar-refractivity contribution in [2.45, 2.75) is 79.5 Å². The Kier molecular flexibility index (Phi) is 7.13. The first-order chi connectivity index (χ1) is 11.6. The normalized spacial score (nSPS) is 42.2. The van der Waals surface area contributed by atoms with Gasteiger partial charge in [-0.1, -0.05) is 18.1 Å². The molecule has 142 valence electrons. The van der Waals surface area contributed by atoms with Gasteiger partial charge in [-0.25, -0.2) is 8.93 Å². The lowest BCUT2D eigenvalue weighted by atomic mass is 9.93. The van der Waals surface area contributed by atoms with Gasteiger partial charge in [-0.05, 0) is 33.6 Å². The number of fused-ring (bicyclic) bond motifs is 2. The monoisotopic (exact) mass is 389 g/mol. The molecule has 0 aromatic heterocycles. The highest BCUT2D eigenvalue weighted by Gasteiger charge is 2.47. The van der Waals surface area contributed by atoms with Crippen molar-refractivity contribution in [1.29, 1.82) is 0 Å². The number of hydrogen-bond donors (Lipinski definition) is 4. The molecular formula is C17H27NO5S2. The summed E-state index contributed by atoms with van der Waals surface area (Å²) in [7, 11) is -1.37. The van der Waals surface area contributed by atoms with E-state index in [1.165, 1.54) is 11.8 Å². The number of rotatable bonds is 2. The average molecular weight is 390 g/mol. The Labute approximate surface area is 156 Å². The van der Waals surface area contributed by atoms with Gasteiger partial charge in [0.15, 0.2) is 0 Å². The second kappa shape index (κ2) is 8.53. The van der Waals surface area contributed by atoms with Gasteiger partial charge >= 0.3 is 0 Å². The number of ether oxygens (including phenoxy) is 1. The van der Waals surface area contributed by atoms with Crippen molar-refractivity contribution in [3.63, 3.8) is 0 Å². The van der Waals surface area contributed by atoms with Gasteiger partial charge in [0.05, 0.1) is 27.0 Å². The van der Waals surface area contributed by atoms with E-state index in [4.69, 9.17) is 11.2 Å². The van der Waals surface area contributed by atoms with Crippen LogP contribution in [-0.4, -0.2) is 65.4 Å². The number of nitrogens with one attached hydrogen (secondary N) is 1. The molecule has 8 atom stereocenters. The highest BCUT2D eigenvalue weighted by atomic mass is 32.2. The molecule has 8 heteroatoms. The molecule has 2 rings (SSSR count). The zero-order chi connectivity index (χ0) is 18.8. The minimum absolute atomic E-state index is 0.202. The molecule has 1 saturated heterocycles. The molecule has 1 unspecified atom stereocenters. The standard InChI is InChI=1S/C17H27NO5S2/c1-5-10-8-6-7-9-11(18-25(22)17(2,3)4)15-13(20)12(19)14(21)16(23-15)24-10/h1,6-7,10-16,18-21H,8-9H2,2-4H3/b7-6-/t10-,11-,12+,13-,14-,15-,16-,25?/m1/s1. The molecule has 0 amide bonds. The van der Waals surface area contributed by atoms with Gasteiger partial charge in [-0.3, -0.25) is 0 Å². The van der Waals surface area contributed by atoms with E-state index in [9.17, 15) is 19.5 Å². The second-order valence-electron chi connectivity index (χ2n) is 7.28. The molecule has 0 spiro atoms. The van der Waals surface area contributed by atoms with Gasteiger partial charge in [0.2, 0.25) is 0 Å². The number of terminal acetylenes is 1. The zero-order valence-corrected chi connectivity index (χ0v) is 16.3. The SMILES string of the molecule is C#C[C@@H]1C/C=C\C[C@@H](NS(=O)C(C)(C)C)[C@H]2O[C@H](S1)[C@H](O)[C@@H](O)[C@H]2O. The molecule has 0 aromatic rings. The average Bonchev–Trinajstić information content (AvgIpc) is 2.55. The summed E-state index contributed by atoms with van der Waals surface area (Å²) >= 11 is 1.25. The largest absolute Gasteiger partial charge is 0.388 e. The summed E-state index contributed by atoms with van der Waals surface area (Å²) < 4.78 is 20.9. The lowest BCUT2D eigenvalue weighted by Crippen LogP contribution is -2.63. The van der Waals surface area contributed by atoms with E-state index in [0.29, 0.717) is 12.8 Å². The summed E-state index contributed by atoms with van der Waals surface area (Å²) in [5.41, 5.74) is -0.761. The number of aliphatic hydroxyl groups excluding tert-OH is 3. The Morgan fingerprint density at radius 2 is 1.84 bits per heavy atom. The van der Waals surface area contributed by atoms with E-state index in [2.05, 4.69) is 10.6 Å². The van der Waals surface area contributed by atoms with Crippen LogP contribution in [0.15, 0.2) is 12.2 Å². The molecule has 2 aliphatic rings. The summed E-state index contributed by atoms with van der Waals surface area (Å²) in [5.74, 6) is 2.65. The third kappa shape index (κ3) is 5.07. The molecule has 25 heavy (non-hydrogen) atoms. The van der Waals surface area contributed by atoms with Gasteiger partial charge in [0.25, 0.3) is 0 Å². The smallest absolute Gasteiger partial charge is 0.133 e. The summed E-state index contributed by atoms with van der Waals surface area (Å²) in [6.45, 7) is 5.54. The third-order valence-corrected chi connectivity index (χ3v) is 7.15. The van der Waals surface area contributed by atoms with Crippen LogP contribution in [0.1, 0.15) is 33.6 Å². The summed E-state index contributed by atoms with van der Waals surface area (Å²) in [6, 6.07) is -0.473. The van der Waals surface area contributed by atoms with Crippen LogP contribution in [0.4, 0.5) is 0 Å². The molecule has 0 saturated carbocycles. The molecule has 4 N–H and O–H groups in total. The summed E-state index contributed by atoms with van der Waals surface area (Å²) in [5, 5.41) is 30.7. The fourth-order valence-corrected chi connectivity index (χ4v) is 4.67. The maximum absolute atomic E-state index is 12.5. The summed E-state index contributed by atoms with van der Waals surface area (Å²) in [4.78, 5) is 0. The van der Waals surface area contributed by atoms with E-state index in [1.54, 1.807) is 0 Å². The Morgan fingerprint density at radius 3 is 2.44 bits per heavy atom. The Bertz CT molecular complexity index is 556. The predicted molar refractivity (Wildman–Crippen MR) is 100 cm³/mol. The van der Waals surface area contributed by atoms with Crippen molar-refractivity contribution in [2.75, 3.05) is 0 Å². The van der Waals surface area contributed by atoms with Gasteiger partial charge in [0.1, 0.15) is 29.9 Å². The third-order valence-electron chi connectivity index (χ3n) is 4.21. The number of allylic oxidation sites excluding steroid dienone is 1. The topological polar surface area (TPSA) is 99.0 Å². The molecule has 0 aliphatic carbocycles. The van der Waals surface area contributed by atoms with Crippen molar-refractivity contribution in [2.24, 2.45) is 0 Å². The predicted octanol–water partition coefficient (Wildman–Crippen LogP) is 0.299. The minimum Gasteiger partial charge on any atom is -0.388 e. The van der Waals surface area contributed by atoms with Gasteiger partial charge in [-0.15, -0.1) is 18.2 Å². The fourth-order valence-electron chi connectivity index (χ4n) is 2.67. The maximum Gasteiger partial charge on any atom is 0.133 e. The van der Waals surface area contributed by atoms with Crippen LogP contribution in [0.3, 0.4) is 0 Å². The molecule has 0 aromatic carbocycles. The summed E-state index contributed by atoms with van der Waals surface area (Å²) in [6.07, 6.45) is 5.74. The van der Waals surface area contributed by atoms with Crippen molar-refractivity contribution < 1.29 is 24.3 Å². The lowest BCUT2D eigenvalue weighted by molar-refractivity contribution is -0.203. The first-order valence-electron chi connectivity index (χ1n) is 8.29. The van der Waals surface area contributed by atoms with Crippen LogP contribution in [0.25, 0.3) is 0 Å². The van der Waals surface area contributed by atoms with Crippen LogP contribution in [0, 0.1) is 12.3 Å². The van der Waals surface area contributed by atoms with Crippen molar-refractivity contribution in [3.05, 3.63) is 12.2 Å². The molecule has 2 bridgehead atoms. The van der Waals surface area contributed by atoms with Crippen LogP contribution in [0.2, 0.25) is 0 Å². The van der Waals surface area contributed by atoms with E-state index in [0.717, 1.165) is 0 Å². The maximum atomic E-state index is 12.5. The van der Waals surface area contributed by atoms with Crippen LogP contribution < -0.4 is 4.72 Å². The highest BCUT2D eigenvalue weighted by Crippen LogP contribution is 2.34. The Balaban J connectivity index is 2.29. The first-order valence-corrected chi connectivity index (χ1v) is 10.4. The number of hydrogen-bond acceptors (Lipinski definition) is 6. The molecule has 6 nitrogen and oxygen atoms in total. The van der Waals surface area contributed by atoms with E-state index < -0.39 is 51.6 Å². The Hall–Kier alpha value is -0.400. The number of thioether (sulfide) groups is 1. The second-order valence-corrected chi connectivity index (χ2v) is 10.6. The molecular weight excluding hydrogens is 362 g/mol. The van der Waals surface area contributed by atoms with E-state index >= 15 is 0 Å². The van der Waals surface area contributed by atoms with Gasteiger partial charge in [-0.2, -0.15) is 0 Å². The van der Waals surface area contributed by atoms with Gasteiger partial charge in [0, 0.05) is 0 Å². The highest BCUT2D eigenvalue weighted by molar-refractivity contribution is 8.00. The quantitative estimate of drug-likeness (QED) is 0.401. The molecule has 1 fully saturated rings. The molecule has 0 radical (unpaired) electrons. The van der Waals surface area contributed by atoms with Crippen LogP contribution in [0.5, 0.6) is 0 Å². The molecule has 2 aliphatic heterocycles. The minimum atomic E-state index is -1.37. The number of aliphatic hydroxyl groups is 3. The zero-order valence-electron chi connectivity index (χ0n) is 14.7. The Morgan fingerprint density at radius 1 is 1.20 bits per heavy atom. The van der Waals surface area contributed by atoms with E-state index in [1.807, 2.05) is 32.9 Å². The van der Waals surface area contributed by atoms with Crippen molar-refractivity contribution >= 4 is 22.7 Å². The van der Waals surface area contributed by atoms with Crippen molar-refractivity contribution in [1.82, 2.24) is 4.72 Å². The molecule has 2 heterocycles. The fraction of sp³-hybridized carbons (Fsp3) is 0.765. The van der Waals surface area contributed by atoms with Gasteiger partial charge < -0.3 is 20.1 Å². The van der Waals surface area contributed by atoms with Crippen LogP contribution >= 0.6 is 11.8 Å². The lowest BCUT2D eigenvalue weighted by Gasteiger charge is -2.44. The van der Waals surface area contributed by atoms with E-state index in [-0.39, 0.29) is 5.25 Å². The van der Waals surface area contributed by atoms with Crippen LogP contribution in [-0.2, 0) is 15.7 Å². The first kappa shape index (κ1) is 20.9. The van der Waals surface area contributed by atoms with Crippen molar-refractivity contribution in [3.8, 4) is 12.3 Å².